The molecule has 1 aliphatic rings. The molecule has 0 aliphatic carbocycles. The van der Waals surface area contributed by atoms with Gasteiger partial charge in [-0.1, -0.05) is 11.6 Å². The Bertz CT molecular complexity index is 322. The Hall–Kier alpha value is -0.520. The van der Waals surface area contributed by atoms with E-state index in [0.29, 0.717) is 5.15 Å². The van der Waals surface area contributed by atoms with E-state index in [9.17, 15) is 5.11 Å². The molecule has 1 saturated heterocycles. The molecule has 2 rings (SSSR count). The van der Waals surface area contributed by atoms with Gasteiger partial charge in [0.15, 0.2) is 11.0 Å². The van der Waals surface area contributed by atoms with Crippen molar-refractivity contribution in [3.8, 4) is 0 Å². The van der Waals surface area contributed by atoms with E-state index in [-0.39, 0.29) is 12.6 Å². The van der Waals surface area contributed by atoms with Crippen molar-refractivity contribution in [2.45, 2.75) is 6.04 Å². The minimum absolute atomic E-state index is 0.138. The third kappa shape index (κ3) is 2.53. The monoisotopic (exact) mass is 245 g/mol. The lowest BCUT2D eigenvalue weighted by Gasteiger charge is -2.34. The fourth-order valence-electron chi connectivity index (χ4n) is 1.57. The number of rotatable bonds is 2. The first-order valence-electron chi connectivity index (χ1n) is 4.75. The predicted molar refractivity (Wildman–Crippen MR) is 62.6 cm³/mol. The van der Waals surface area contributed by atoms with Crippen molar-refractivity contribution in [3.05, 3.63) is 17.3 Å². The largest absolute Gasteiger partial charge is 0.394 e. The van der Waals surface area contributed by atoms with Crippen LogP contribution in [0.5, 0.6) is 0 Å². The molecule has 1 aromatic rings. The van der Waals surface area contributed by atoms with Gasteiger partial charge in [-0.05, 0) is 12.1 Å². The molecule has 2 heterocycles. The summed E-state index contributed by atoms with van der Waals surface area (Å²) in [5.74, 6) is 2.78. The van der Waals surface area contributed by atoms with E-state index in [1.54, 1.807) is 6.07 Å². The highest BCUT2D eigenvalue weighted by atomic mass is 35.5. The van der Waals surface area contributed by atoms with Crippen molar-refractivity contribution in [3.63, 3.8) is 0 Å². The molecule has 0 amide bonds. The Morgan fingerprint density at radius 1 is 1.53 bits per heavy atom. The van der Waals surface area contributed by atoms with Crippen molar-refractivity contribution < 1.29 is 5.11 Å². The first-order valence-corrected chi connectivity index (χ1v) is 6.29. The second-order valence-electron chi connectivity index (χ2n) is 3.32. The highest BCUT2D eigenvalue weighted by Crippen LogP contribution is 2.22. The van der Waals surface area contributed by atoms with Crippen molar-refractivity contribution in [1.29, 1.82) is 0 Å². The summed E-state index contributed by atoms with van der Waals surface area (Å²) < 4.78 is 0. The number of aliphatic hydroxyl groups excluding tert-OH is 1. The zero-order valence-electron chi connectivity index (χ0n) is 8.14. The second kappa shape index (κ2) is 5.01. The van der Waals surface area contributed by atoms with Gasteiger partial charge in [0.05, 0.1) is 12.6 Å². The Morgan fingerprint density at radius 3 is 3.07 bits per heavy atom. The summed E-state index contributed by atoms with van der Waals surface area (Å²) in [5, 5.41) is 17.5. The smallest absolute Gasteiger partial charge is 0.151 e. The van der Waals surface area contributed by atoms with Gasteiger partial charge in [0.25, 0.3) is 0 Å². The summed E-state index contributed by atoms with van der Waals surface area (Å²) in [7, 11) is 0. The summed E-state index contributed by atoms with van der Waals surface area (Å²) in [6.07, 6.45) is 0. The normalized spacial score (nSPS) is 21.7. The third-order valence-corrected chi connectivity index (χ3v) is 3.64. The highest BCUT2D eigenvalue weighted by Gasteiger charge is 2.23. The van der Waals surface area contributed by atoms with Crippen LogP contribution in [0.2, 0.25) is 5.15 Å². The van der Waals surface area contributed by atoms with Gasteiger partial charge in [-0.15, -0.1) is 10.2 Å². The van der Waals surface area contributed by atoms with Gasteiger partial charge in [-0.25, -0.2) is 0 Å². The average Bonchev–Trinajstić information content (AvgIpc) is 2.30. The standard InChI is InChI=1S/C9H12ClN3OS/c10-8-1-2-9(12-11-8)13-3-4-15-6-7(13)5-14/h1-2,7,14H,3-6H2. The Balaban J connectivity index is 2.16. The minimum Gasteiger partial charge on any atom is -0.394 e. The molecule has 0 spiro atoms. The molecule has 0 bridgehead atoms. The average molecular weight is 246 g/mol. The van der Waals surface area contributed by atoms with Crippen LogP contribution in [0.3, 0.4) is 0 Å². The zero-order chi connectivity index (χ0) is 10.7. The summed E-state index contributed by atoms with van der Waals surface area (Å²) in [4.78, 5) is 2.08. The molecule has 1 unspecified atom stereocenters. The van der Waals surface area contributed by atoms with Crippen molar-refractivity contribution in [2.75, 3.05) is 29.6 Å². The van der Waals surface area contributed by atoms with Gasteiger partial charge in [0.1, 0.15) is 0 Å². The Morgan fingerprint density at radius 2 is 2.40 bits per heavy atom. The van der Waals surface area contributed by atoms with E-state index in [1.807, 2.05) is 17.8 Å². The maximum Gasteiger partial charge on any atom is 0.151 e. The molecule has 0 radical (unpaired) electrons. The van der Waals surface area contributed by atoms with Crippen molar-refractivity contribution >= 4 is 29.2 Å². The number of aliphatic hydroxyl groups is 1. The van der Waals surface area contributed by atoms with E-state index >= 15 is 0 Å². The highest BCUT2D eigenvalue weighted by molar-refractivity contribution is 7.99. The maximum absolute atomic E-state index is 9.25. The molecule has 4 nitrogen and oxygen atoms in total. The summed E-state index contributed by atoms with van der Waals surface area (Å²) in [6.45, 7) is 1.05. The van der Waals surface area contributed by atoms with Crippen LogP contribution in [0.1, 0.15) is 0 Å². The lowest BCUT2D eigenvalue weighted by atomic mass is 10.3. The lowest BCUT2D eigenvalue weighted by molar-refractivity contribution is 0.268. The second-order valence-corrected chi connectivity index (χ2v) is 4.86. The molecular formula is C9H12ClN3OS. The molecule has 15 heavy (non-hydrogen) atoms. The summed E-state index contributed by atoms with van der Waals surface area (Å²) >= 11 is 7.53. The minimum atomic E-state index is 0.138. The quantitative estimate of drug-likeness (QED) is 0.844. The number of halogens is 1. The first-order chi connectivity index (χ1) is 7.31. The van der Waals surface area contributed by atoms with Gasteiger partial charge in [0.2, 0.25) is 0 Å². The van der Waals surface area contributed by atoms with E-state index < -0.39 is 0 Å². The zero-order valence-corrected chi connectivity index (χ0v) is 9.71. The third-order valence-electron chi connectivity index (χ3n) is 2.35. The van der Waals surface area contributed by atoms with Crippen LogP contribution in [-0.4, -0.2) is 46.0 Å². The van der Waals surface area contributed by atoms with Crippen LogP contribution >= 0.6 is 23.4 Å². The first kappa shape index (κ1) is 11.0. The van der Waals surface area contributed by atoms with Crippen LogP contribution < -0.4 is 4.90 Å². The molecule has 82 valence electrons. The topological polar surface area (TPSA) is 49.2 Å². The summed E-state index contributed by atoms with van der Waals surface area (Å²) in [5.41, 5.74) is 0. The van der Waals surface area contributed by atoms with Gasteiger partial charge < -0.3 is 10.0 Å². The van der Waals surface area contributed by atoms with Gasteiger partial charge in [-0.3, -0.25) is 0 Å². The SMILES string of the molecule is OCC1CSCCN1c1ccc(Cl)nn1. The number of aromatic nitrogens is 2. The fourth-order valence-corrected chi connectivity index (χ4v) is 2.72. The molecule has 6 heteroatoms. The molecule has 1 fully saturated rings. The van der Waals surface area contributed by atoms with Crippen LogP contribution in [0.4, 0.5) is 5.82 Å². The maximum atomic E-state index is 9.25. The summed E-state index contributed by atoms with van der Waals surface area (Å²) in [6, 6.07) is 3.70. The molecular weight excluding hydrogens is 234 g/mol. The number of hydrogen-bond donors (Lipinski definition) is 1. The van der Waals surface area contributed by atoms with E-state index in [4.69, 9.17) is 11.6 Å². The van der Waals surface area contributed by atoms with Gasteiger partial charge in [-0.2, -0.15) is 11.8 Å². The number of nitrogens with zero attached hydrogens (tertiary/aromatic N) is 3. The van der Waals surface area contributed by atoms with E-state index in [2.05, 4.69) is 15.1 Å². The van der Waals surface area contributed by atoms with E-state index in [0.717, 1.165) is 23.9 Å². The van der Waals surface area contributed by atoms with E-state index in [1.165, 1.54) is 0 Å². The molecule has 1 aromatic heterocycles. The van der Waals surface area contributed by atoms with Crippen LogP contribution in [0.15, 0.2) is 12.1 Å². The van der Waals surface area contributed by atoms with Gasteiger partial charge >= 0.3 is 0 Å². The van der Waals surface area contributed by atoms with Crippen LogP contribution in [-0.2, 0) is 0 Å². The lowest BCUT2D eigenvalue weighted by Crippen LogP contribution is -2.45. The molecule has 1 atom stereocenters. The molecule has 0 saturated carbocycles. The molecule has 1 N–H and O–H groups in total. The van der Waals surface area contributed by atoms with Crippen LogP contribution in [0, 0.1) is 0 Å². The fraction of sp³-hybridized carbons (Fsp3) is 0.556. The number of hydrogen-bond acceptors (Lipinski definition) is 5. The van der Waals surface area contributed by atoms with Crippen molar-refractivity contribution in [1.82, 2.24) is 10.2 Å². The van der Waals surface area contributed by atoms with Crippen LogP contribution in [0.25, 0.3) is 0 Å². The van der Waals surface area contributed by atoms with Gasteiger partial charge in [0, 0.05) is 18.1 Å². The Kier molecular flexibility index (Phi) is 3.66. The molecule has 1 aliphatic heterocycles. The predicted octanol–water partition coefficient (Wildman–Crippen LogP) is 1.04. The molecule has 0 aromatic carbocycles. The van der Waals surface area contributed by atoms with Crippen molar-refractivity contribution in [2.24, 2.45) is 0 Å². The number of thioether (sulfide) groups is 1. The number of anilines is 1. The Labute approximate surface area is 97.6 Å².